The Morgan fingerprint density at radius 1 is 1.17 bits per heavy atom. The average molecular weight is 322 g/mol. The molecule has 1 N–H and O–H groups in total. The van der Waals surface area contributed by atoms with Crippen LogP contribution in [0, 0.1) is 11.8 Å². The van der Waals surface area contributed by atoms with E-state index in [4.69, 9.17) is 0 Å². The van der Waals surface area contributed by atoms with E-state index in [2.05, 4.69) is 20.4 Å². The van der Waals surface area contributed by atoms with Crippen LogP contribution < -0.4 is 0 Å². The van der Waals surface area contributed by atoms with E-state index in [1.54, 1.807) is 4.68 Å². The standard InChI is InChI=1S/C15H26N6O2/c22-11-14-10-20(15(23)4-7-21-12-16-17-18-21)9-13(14)8-19-5-2-1-3-6-19/h12-14,22H,1-11H2/t13-,14-/m0/s1. The van der Waals surface area contributed by atoms with Crippen LogP contribution in [0.1, 0.15) is 25.7 Å². The van der Waals surface area contributed by atoms with E-state index in [-0.39, 0.29) is 18.4 Å². The summed E-state index contributed by atoms with van der Waals surface area (Å²) in [6.07, 6.45) is 5.79. The molecule has 2 atom stereocenters. The zero-order chi connectivity index (χ0) is 16.1. The van der Waals surface area contributed by atoms with E-state index in [1.807, 2.05) is 4.90 Å². The maximum atomic E-state index is 12.4. The largest absolute Gasteiger partial charge is 0.396 e. The van der Waals surface area contributed by atoms with Gasteiger partial charge in [0.25, 0.3) is 0 Å². The minimum Gasteiger partial charge on any atom is -0.396 e. The predicted molar refractivity (Wildman–Crippen MR) is 83.4 cm³/mol. The Kier molecular flexibility index (Phi) is 5.56. The van der Waals surface area contributed by atoms with E-state index in [9.17, 15) is 9.90 Å². The molecular formula is C15H26N6O2. The summed E-state index contributed by atoms with van der Waals surface area (Å²) in [7, 11) is 0. The van der Waals surface area contributed by atoms with Crippen molar-refractivity contribution in [3.05, 3.63) is 6.33 Å². The molecule has 0 radical (unpaired) electrons. The second kappa shape index (κ2) is 7.83. The van der Waals surface area contributed by atoms with E-state index in [0.717, 1.165) is 26.2 Å². The van der Waals surface area contributed by atoms with Crippen LogP contribution in [-0.4, -0.2) is 80.4 Å². The Morgan fingerprint density at radius 3 is 2.65 bits per heavy atom. The molecule has 0 bridgehead atoms. The van der Waals surface area contributed by atoms with Crippen LogP contribution in [0.5, 0.6) is 0 Å². The van der Waals surface area contributed by atoms with E-state index in [0.29, 0.717) is 25.4 Å². The zero-order valence-electron chi connectivity index (χ0n) is 13.5. The molecule has 8 heteroatoms. The van der Waals surface area contributed by atoms with E-state index >= 15 is 0 Å². The van der Waals surface area contributed by atoms with Crippen molar-refractivity contribution in [1.82, 2.24) is 30.0 Å². The first-order chi connectivity index (χ1) is 11.3. The number of aromatic nitrogens is 4. The lowest BCUT2D eigenvalue weighted by atomic mass is 9.95. The molecule has 0 aromatic carbocycles. The van der Waals surface area contributed by atoms with Crippen molar-refractivity contribution in [2.75, 3.05) is 39.3 Å². The number of rotatable bonds is 6. The first kappa shape index (κ1) is 16.3. The summed E-state index contributed by atoms with van der Waals surface area (Å²) in [5, 5.41) is 20.6. The Balaban J connectivity index is 1.49. The van der Waals surface area contributed by atoms with Gasteiger partial charge < -0.3 is 14.9 Å². The summed E-state index contributed by atoms with van der Waals surface area (Å²) < 4.78 is 1.57. The number of nitrogens with zero attached hydrogens (tertiary/aromatic N) is 6. The van der Waals surface area contributed by atoms with Gasteiger partial charge in [-0.1, -0.05) is 6.42 Å². The summed E-state index contributed by atoms with van der Waals surface area (Å²) in [5.41, 5.74) is 0. The van der Waals surface area contributed by atoms with E-state index < -0.39 is 0 Å². The molecule has 1 amide bonds. The highest BCUT2D eigenvalue weighted by Crippen LogP contribution is 2.25. The van der Waals surface area contributed by atoms with Gasteiger partial charge in [-0.05, 0) is 42.3 Å². The van der Waals surface area contributed by atoms with Crippen molar-refractivity contribution in [3.8, 4) is 0 Å². The van der Waals surface area contributed by atoms with Crippen molar-refractivity contribution in [3.63, 3.8) is 0 Å². The van der Waals surface area contributed by atoms with Crippen molar-refractivity contribution in [2.24, 2.45) is 11.8 Å². The van der Waals surface area contributed by atoms with Crippen LogP contribution in [-0.2, 0) is 11.3 Å². The quantitative estimate of drug-likeness (QED) is 0.768. The number of hydrogen-bond donors (Lipinski definition) is 1. The van der Waals surface area contributed by atoms with Crippen LogP contribution in [0.3, 0.4) is 0 Å². The molecule has 0 aliphatic carbocycles. The number of carbonyl (C=O) groups excluding carboxylic acids is 1. The Bertz CT molecular complexity index is 488. The van der Waals surface area contributed by atoms with Crippen LogP contribution in [0.4, 0.5) is 0 Å². The van der Waals surface area contributed by atoms with Gasteiger partial charge in [-0.25, -0.2) is 4.68 Å². The third kappa shape index (κ3) is 4.26. The van der Waals surface area contributed by atoms with Crippen LogP contribution in [0.2, 0.25) is 0 Å². The smallest absolute Gasteiger partial charge is 0.224 e. The molecule has 0 unspecified atom stereocenters. The van der Waals surface area contributed by atoms with Crippen molar-refractivity contribution < 1.29 is 9.90 Å². The Hall–Kier alpha value is -1.54. The fourth-order valence-corrected chi connectivity index (χ4v) is 3.68. The fourth-order valence-electron chi connectivity index (χ4n) is 3.68. The van der Waals surface area contributed by atoms with Gasteiger partial charge in [-0.3, -0.25) is 4.79 Å². The SMILES string of the molecule is O=C(CCn1cnnn1)N1C[C@@H](CO)[C@@H](CN2CCCCC2)C1. The van der Waals surface area contributed by atoms with Crippen molar-refractivity contribution in [1.29, 1.82) is 0 Å². The lowest BCUT2D eigenvalue weighted by Crippen LogP contribution is -2.37. The van der Waals surface area contributed by atoms with Crippen LogP contribution in [0.25, 0.3) is 0 Å². The molecule has 2 aliphatic heterocycles. The van der Waals surface area contributed by atoms with Gasteiger partial charge in [0, 0.05) is 38.6 Å². The van der Waals surface area contributed by atoms with Gasteiger partial charge in [0.1, 0.15) is 6.33 Å². The second-order valence-corrected chi connectivity index (χ2v) is 6.69. The maximum Gasteiger partial charge on any atom is 0.224 e. The molecule has 2 fully saturated rings. The first-order valence-corrected chi connectivity index (χ1v) is 8.58. The molecular weight excluding hydrogens is 296 g/mol. The van der Waals surface area contributed by atoms with Crippen LogP contribution >= 0.6 is 0 Å². The summed E-state index contributed by atoms with van der Waals surface area (Å²) in [5.74, 6) is 0.712. The van der Waals surface area contributed by atoms with E-state index in [1.165, 1.54) is 25.6 Å². The molecule has 3 heterocycles. The summed E-state index contributed by atoms with van der Waals surface area (Å²) in [4.78, 5) is 16.8. The number of amides is 1. The minimum absolute atomic E-state index is 0.125. The Labute approximate surface area is 136 Å². The van der Waals surface area contributed by atoms with Gasteiger partial charge in [0.2, 0.25) is 5.91 Å². The molecule has 2 aliphatic rings. The molecule has 1 aromatic heterocycles. The molecule has 2 saturated heterocycles. The molecule has 8 nitrogen and oxygen atoms in total. The van der Waals surface area contributed by atoms with Gasteiger partial charge in [0.05, 0.1) is 6.54 Å². The van der Waals surface area contributed by atoms with Crippen molar-refractivity contribution >= 4 is 5.91 Å². The molecule has 1 aromatic rings. The summed E-state index contributed by atoms with van der Waals surface area (Å²) in [6, 6.07) is 0. The summed E-state index contributed by atoms with van der Waals surface area (Å²) >= 11 is 0. The van der Waals surface area contributed by atoms with Crippen molar-refractivity contribution in [2.45, 2.75) is 32.2 Å². The normalized spacial score (nSPS) is 25.9. The van der Waals surface area contributed by atoms with Gasteiger partial charge in [0.15, 0.2) is 0 Å². The molecule has 0 saturated carbocycles. The van der Waals surface area contributed by atoms with Gasteiger partial charge in [-0.2, -0.15) is 0 Å². The summed E-state index contributed by atoms with van der Waals surface area (Å²) in [6.45, 7) is 5.41. The molecule has 0 spiro atoms. The zero-order valence-corrected chi connectivity index (χ0v) is 13.5. The highest BCUT2D eigenvalue weighted by molar-refractivity contribution is 5.76. The second-order valence-electron chi connectivity index (χ2n) is 6.69. The molecule has 128 valence electrons. The number of hydrogen-bond acceptors (Lipinski definition) is 6. The fraction of sp³-hybridized carbons (Fsp3) is 0.867. The lowest BCUT2D eigenvalue weighted by Gasteiger charge is -2.30. The average Bonchev–Trinajstić information content (AvgIpc) is 3.23. The lowest BCUT2D eigenvalue weighted by molar-refractivity contribution is -0.130. The minimum atomic E-state index is 0.125. The number of carbonyl (C=O) groups is 1. The first-order valence-electron chi connectivity index (χ1n) is 8.58. The third-order valence-corrected chi connectivity index (χ3v) is 5.05. The van der Waals surface area contributed by atoms with Crippen LogP contribution in [0.15, 0.2) is 6.33 Å². The number of aryl methyl sites for hydroxylation is 1. The number of tetrazole rings is 1. The number of piperidine rings is 1. The molecule has 23 heavy (non-hydrogen) atoms. The highest BCUT2D eigenvalue weighted by atomic mass is 16.3. The van der Waals surface area contributed by atoms with Gasteiger partial charge >= 0.3 is 0 Å². The Morgan fingerprint density at radius 2 is 1.96 bits per heavy atom. The molecule has 3 rings (SSSR count). The topological polar surface area (TPSA) is 87.4 Å². The highest BCUT2D eigenvalue weighted by Gasteiger charge is 2.35. The number of likely N-dealkylation sites (tertiary alicyclic amines) is 2. The predicted octanol–water partition coefficient (Wildman–Crippen LogP) is -0.384. The number of aliphatic hydroxyl groups is 1. The van der Waals surface area contributed by atoms with Gasteiger partial charge in [-0.15, -0.1) is 5.10 Å². The monoisotopic (exact) mass is 322 g/mol. The maximum absolute atomic E-state index is 12.4. The number of aliphatic hydroxyl groups excluding tert-OH is 1. The third-order valence-electron chi connectivity index (χ3n) is 5.05.